The number of aliphatic hydroxyl groups is 1. The summed E-state index contributed by atoms with van der Waals surface area (Å²) in [7, 11) is -3.01. The Morgan fingerprint density at radius 3 is 2.79 bits per heavy atom. The van der Waals surface area contributed by atoms with Crippen molar-refractivity contribution in [2.45, 2.75) is 6.42 Å². The van der Waals surface area contributed by atoms with E-state index < -0.39 is 10.0 Å². The van der Waals surface area contributed by atoms with Gasteiger partial charge in [0.05, 0.1) is 12.9 Å². The second kappa shape index (κ2) is 5.06. The molecule has 1 rings (SSSR count). The molecule has 0 saturated carbocycles. The van der Waals surface area contributed by atoms with Crippen molar-refractivity contribution in [2.24, 2.45) is 5.92 Å². The van der Waals surface area contributed by atoms with E-state index in [1.54, 1.807) is 0 Å². The van der Waals surface area contributed by atoms with Gasteiger partial charge in [-0.15, -0.1) is 0 Å². The molecule has 1 atom stereocenters. The Bertz CT molecular complexity index is 266. The normalized spacial score (nSPS) is 24.3. The third-order valence-electron chi connectivity index (χ3n) is 2.44. The first kappa shape index (κ1) is 11.9. The number of hydrogen-bond donors (Lipinski definition) is 2. The van der Waals surface area contributed by atoms with Gasteiger partial charge in [0.15, 0.2) is 0 Å². The number of sulfonamides is 1. The first-order valence-corrected chi connectivity index (χ1v) is 6.65. The van der Waals surface area contributed by atoms with Gasteiger partial charge in [0, 0.05) is 19.6 Å². The number of nitrogens with zero attached hydrogens (tertiary/aromatic N) is 1. The highest BCUT2D eigenvalue weighted by Crippen LogP contribution is 2.17. The number of rotatable bonds is 5. The van der Waals surface area contributed by atoms with Gasteiger partial charge < -0.3 is 10.4 Å². The predicted octanol–water partition coefficient (Wildman–Crippen LogP) is -1.15. The third-order valence-corrected chi connectivity index (χ3v) is 3.71. The molecule has 0 amide bonds. The molecule has 0 aliphatic carbocycles. The van der Waals surface area contributed by atoms with E-state index in [0.29, 0.717) is 25.6 Å². The quantitative estimate of drug-likeness (QED) is 0.576. The monoisotopic (exact) mass is 222 g/mol. The van der Waals surface area contributed by atoms with Gasteiger partial charge in [-0.1, -0.05) is 0 Å². The lowest BCUT2D eigenvalue weighted by Crippen LogP contribution is -2.30. The Morgan fingerprint density at radius 1 is 1.57 bits per heavy atom. The summed E-state index contributed by atoms with van der Waals surface area (Å²) in [5, 5.41) is 11.6. The van der Waals surface area contributed by atoms with Gasteiger partial charge in [-0.2, -0.15) is 0 Å². The highest BCUT2D eigenvalue weighted by Gasteiger charge is 2.27. The van der Waals surface area contributed by atoms with Crippen molar-refractivity contribution >= 4 is 10.0 Å². The zero-order valence-corrected chi connectivity index (χ0v) is 9.26. The van der Waals surface area contributed by atoms with Crippen LogP contribution in [-0.2, 0) is 10.0 Å². The molecule has 2 N–H and O–H groups in total. The van der Waals surface area contributed by atoms with E-state index in [1.807, 2.05) is 0 Å². The van der Waals surface area contributed by atoms with Crippen molar-refractivity contribution in [3.63, 3.8) is 0 Å². The number of aliphatic hydroxyl groups excluding tert-OH is 1. The largest absolute Gasteiger partial charge is 0.395 e. The molecule has 6 heteroatoms. The minimum absolute atomic E-state index is 0.127. The summed E-state index contributed by atoms with van der Waals surface area (Å²) in [4.78, 5) is 0. The summed E-state index contributed by atoms with van der Waals surface area (Å²) in [6.07, 6.45) is 2.15. The van der Waals surface area contributed by atoms with Crippen molar-refractivity contribution in [3.8, 4) is 0 Å². The molecule has 14 heavy (non-hydrogen) atoms. The molecule has 1 aliphatic heterocycles. The molecule has 0 aromatic rings. The molecule has 0 aromatic carbocycles. The maximum absolute atomic E-state index is 11.2. The Hall–Kier alpha value is -0.170. The molecule has 1 unspecified atom stereocenters. The Balaban J connectivity index is 2.28. The van der Waals surface area contributed by atoms with Gasteiger partial charge in [-0.3, -0.25) is 0 Å². The van der Waals surface area contributed by atoms with E-state index in [-0.39, 0.29) is 6.61 Å². The standard InChI is InChI=1S/C8H18N2O3S/c1-14(12,13)10-4-2-8(7-10)6-9-3-5-11/h8-9,11H,2-7H2,1H3. The van der Waals surface area contributed by atoms with Crippen LogP contribution >= 0.6 is 0 Å². The lowest BCUT2D eigenvalue weighted by atomic mass is 10.1. The van der Waals surface area contributed by atoms with E-state index in [4.69, 9.17) is 5.11 Å². The zero-order valence-electron chi connectivity index (χ0n) is 8.44. The van der Waals surface area contributed by atoms with Gasteiger partial charge in [0.1, 0.15) is 0 Å². The second-order valence-corrected chi connectivity index (χ2v) is 5.69. The Labute approximate surface area is 85.2 Å². The van der Waals surface area contributed by atoms with Crippen molar-refractivity contribution in [3.05, 3.63) is 0 Å². The third kappa shape index (κ3) is 3.53. The highest BCUT2D eigenvalue weighted by atomic mass is 32.2. The Morgan fingerprint density at radius 2 is 2.29 bits per heavy atom. The molecular formula is C8H18N2O3S. The minimum Gasteiger partial charge on any atom is -0.395 e. The molecular weight excluding hydrogens is 204 g/mol. The van der Waals surface area contributed by atoms with Crippen molar-refractivity contribution in [2.75, 3.05) is 39.0 Å². The smallest absolute Gasteiger partial charge is 0.211 e. The number of hydrogen-bond acceptors (Lipinski definition) is 4. The molecule has 1 aliphatic rings. The van der Waals surface area contributed by atoms with Crippen LogP contribution in [0.3, 0.4) is 0 Å². The molecule has 1 heterocycles. The summed E-state index contributed by atoms with van der Waals surface area (Å²) in [5.41, 5.74) is 0. The molecule has 0 radical (unpaired) electrons. The highest BCUT2D eigenvalue weighted by molar-refractivity contribution is 7.88. The first-order chi connectivity index (χ1) is 6.54. The van der Waals surface area contributed by atoms with E-state index >= 15 is 0 Å². The number of nitrogens with one attached hydrogen (secondary N) is 1. The van der Waals surface area contributed by atoms with Crippen LogP contribution in [0.25, 0.3) is 0 Å². The van der Waals surface area contributed by atoms with Crippen LogP contribution in [0.15, 0.2) is 0 Å². The summed E-state index contributed by atoms with van der Waals surface area (Å²) >= 11 is 0. The average Bonchev–Trinajstić information content (AvgIpc) is 2.52. The first-order valence-electron chi connectivity index (χ1n) is 4.80. The van der Waals surface area contributed by atoms with Crippen LogP contribution in [0.5, 0.6) is 0 Å². The van der Waals surface area contributed by atoms with Crippen molar-refractivity contribution in [1.29, 1.82) is 0 Å². The van der Waals surface area contributed by atoms with Crippen LogP contribution in [0, 0.1) is 5.92 Å². The molecule has 84 valence electrons. The Kier molecular flexibility index (Phi) is 4.31. The van der Waals surface area contributed by atoms with Gasteiger partial charge in [0.2, 0.25) is 10.0 Å². The van der Waals surface area contributed by atoms with E-state index in [0.717, 1.165) is 13.0 Å². The fourth-order valence-corrected chi connectivity index (χ4v) is 2.57. The molecule has 5 nitrogen and oxygen atoms in total. The summed E-state index contributed by atoms with van der Waals surface area (Å²) < 4.78 is 23.9. The summed E-state index contributed by atoms with van der Waals surface area (Å²) in [6.45, 7) is 2.73. The maximum atomic E-state index is 11.2. The topological polar surface area (TPSA) is 69.6 Å². The molecule has 1 fully saturated rings. The average molecular weight is 222 g/mol. The summed E-state index contributed by atoms with van der Waals surface area (Å²) in [5.74, 6) is 0.385. The fraction of sp³-hybridized carbons (Fsp3) is 1.00. The lowest BCUT2D eigenvalue weighted by Gasteiger charge is -2.13. The van der Waals surface area contributed by atoms with Crippen LogP contribution in [0.1, 0.15) is 6.42 Å². The predicted molar refractivity (Wildman–Crippen MR) is 54.5 cm³/mol. The zero-order chi connectivity index (χ0) is 10.6. The van der Waals surface area contributed by atoms with E-state index in [1.165, 1.54) is 10.6 Å². The lowest BCUT2D eigenvalue weighted by molar-refractivity contribution is 0.288. The molecule has 0 aromatic heterocycles. The molecule has 1 saturated heterocycles. The fourth-order valence-electron chi connectivity index (χ4n) is 1.65. The SMILES string of the molecule is CS(=O)(=O)N1CCC(CNCCO)C1. The van der Waals surface area contributed by atoms with E-state index in [2.05, 4.69) is 5.32 Å². The van der Waals surface area contributed by atoms with Gasteiger partial charge in [0.25, 0.3) is 0 Å². The van der Waals surface area contributed by atoms with Crippen molar-refractivity contribution in [1.82, 2.24) is 9.62 Å². The molecule has 0 bridgehead atoms. The van der Waals surface area contributed by atoms with E-state index in [9.17, 15) is 8.42 Å². The van der Waals surface area contributed by atoms with Crippen LogP contribution in [0.2, 0.25) is 0 Å². The van der Waals surface area contributed by atoms with Crippen LogP contribution in [0.4, 0.5) is 0 Å². The summed E-state index contributed by atoms with van der Waals surface area (Å²) in [6, 6.07) is 0. The maximum Gasteiger partial charge on any atom is 0.211 e. The van der Waals surface area contributed by atoms with Crippen molar-refractivity contribution < 1.29 is 13.5 Å². The van der Waals surface area contributed by atoms with Crippen LogP contribution in [-0.4, -0.2) is 56.9 Å². The van der Waals surface area contributed by atoms with Crippen LogP contribution < -0.4 is 5.32 Å². The minimum atomic E-state index is -3.01. The van der Waals surface area contributed by atoms with Gasteiger partial charge >= 0.3 is 0 Å². The second-order valence-electron chi connectivity index (χ2n) is 3.70. The van der Waals surface area contributed by atoms with Gasteiger partial charge in [-0.25, -0.2) is 12.7 Å². The van der Waals surface area contributed by atoms with Gasteiger partial charge in [-0.05, 0) is 18.9 Å². The molecule has 0 spiro atoms.